The minimum absolute atomic E-state index is 0. The van der Waals surface area contributed by atoms with Gasteiger partial charge in [-0.2, -0.15) is 5.10 Å². The second-order valence-electron chi connectivity index (χ2n) is 5.68. The number of para-hydroxylation sites is 2. The molecule has 2 aromatic heterocycles. The molecule has 0 saturated heterocycles. The molecule has 1 amide bonds. The van der Waals surface area contributed by atoms with Gasteiger partial charge < -0.3 is 34.7 Å². The third-order valence-corrected chi connectivity index (χ3v) is 4.10. The molecule has 4 aromatic rings. The first-order valence-electron chi connectivity index (χ1n) is 8.03. The first kappa shape index (κ1) is 21.1. The van der Waals surface area contributed by atoms with E-state index in [1.807, 2.05) is 60.7 Å². The van der Waals surface area contributed by atoms with Gasteiger partial charge in [-0.15, -0.1) is 0 Å². The van der Waals surface area contributed by atoms with Crippen molar-refractivity contribution in [3.8, 4) is 17.1 Å². The molecular weight excluding hydrogens is 419 g/mol. The maximum absolute atomic E-state index is 12.4. The van der Waals surface area contributed by atoms with E-state index in [4.69, 9.17) is 29.3 Å². The van der Waals surface area contributed by atoms with Gasteiger partial charge in [0.05, 0.1) is 5.69 Å². The largest absolute Gasteiger partial charge is 1.00 e. The molecule has 2 N–H and O–H groups in total. The van der Waals surface area contributed by atoms with Gasteiger partial charge in [-0.05, 0) is 28.6 Å². The predicted molar refractivity (Wildman–Crippen MR) is 109 cm³/mol. The Kier molecular flexibility index (Phi) is 6.99. The summed E-state index contributed by atoms with van der Waals surface area (Å²) in [6, 6.07) is 20.8. The van der Waals surface area contributed by atoms with Crippen molar-refractivity contribution in [2.75, 3.05) is 0 Å². The van der Waals surface area contributed by atoms with Crippen molar-refractivity contribution in [2.45, 2.75) is 0 Å². The zero-order chi connectivity index (χ0) is 18.8. The van der Waals surface area contributed by atoms with Gasteiger partial charge in [0.15, 0.2) is 11.5 Å². The van der Waals surface area contributed by atoms with E-state index in [-0.39, 0.29) is 61.4 Å². The molecule has 0 saturated carbocycles. The molecule has 0 atom stereocenters. The van der Waals surface area contributed by atoms with Crippen LogP contribution in [-0.2, 0) is 12.6 Å². The van der Waals surface area contributed by atoms with E-state index in [9.17, 15) is 4.79 Å². The fraction of sp³-hybridized carbons (Fsp3) is 0. The van der Waals surface area contributed by atoms with Crippen LogP contribution in [0.1, 0.15) is 10.5 Å². The average Bonchev–Trinajstić information content (AvgIpc) is 3.31. The monoisotopic (exact) mass is 432 g/mol. The number of hydrogen-bond acceptors (Lipinski definition) is 5. The fourth-order valence-electron chi connectivity index (χ4n) is 2.71. The molecular formula is C19H13KN4O2S2. The van der Waals surface area contributed by atoms with Crippen LogP contribution in [0.5, 0.6) is 0 Å². The van der Waals surface area contributed by atoms with E-state index in [0.29, 0.717) is 11.5 Å². The van der Waals surface area contributed by atoms with Gasteiger partial charge in [0.25, 0.3) is 5.91 Å². The second kappa shape index (κ2) is 9.27. The number of nitrogens with one attached hydrogen (secondary N) is 2. The summed E-state index contributed by atoms with van der Waals surface area (Å²) in [6.07, 6.45) is 0. The van der Waals surface area contributed by atoms with Crippen LogP contribution >= 0.6 is 12.2 Å². The smallest absolute Gasteiger partial charge is 0.454 e. The molecule has 9 heteroatoms. The quantitative estimate of drug-likeness (QED) is 0.211. The minimum Gasteiger partial charge on any atom is -0.454 e. The molecule has 0 aliphatic heterocycles. The summed E-state index contributed by atoms with van der Waals surface area (Å²) < 4.78 is 7.67. The Morgan fingerprint density at radius 2 is 1.75 bits per heavy atom. The van der Waals surface area contributed by atoms with E-state index in [1.165, 1.54) is 0 Å². The van der Waals surface area contributed by atoms with Crippen LogP contribution in [0, 0.1) is 0 Å². The van der Waals surface area contributed by atoms with Gasteiger partial charge in [0.2, 0.25) is 0 Å². The van der Waals surface area contributed by atoms with Gasteiger partial charge in [-0.3, -0.25) is 10.2 Å². The summed E-state index contributed by atoms with van der Waals surface area (Å²) in [5.41, 5.74) is 7.30. The Balaban J connectivity index is 0.00000225. The van der Waals surface area contributed by atoms with Crippen molar-refractivity contribution in [3.05, 3.63) is 72.4 Å². The molecule has 2 aromatic carbocycles. The van der Waals surface area contributed by atoms with E-state index >= 15 is 0 Å². The molecule has 0 radical (unpaired) electrons. The molecule has 0 aliphatic carbocycles. The van der Waals surface area contributed by atoms with Crippen LogP contribution in [0.2, 0.25) is 0 Å². The van der Waals surface area contributed by atoms with Gasteiger partial charge >= 0.3 is 51.4 Å². The molecule has 0 unspecified atom stereocenters. The molecule has 0 bridgehead atoms. The Hall–Kier alpha value is -1.59. The maximum Gasteiger partial charge on any atom is 1.00 e. The first-order chi connectivity index (χ1) is 13.1. The molecule has 0 fully saturated rings. The zero-order valence-electron chi connectivity index (χ0n) is 14.9. The van der Waals surface area contributed by atoms with Crippen LogP contribution in [0.3, 0.4) is 0 Å². The summed E-state index contributed by atoms with van der Waals surface area (Å²) in [4.78, 5) is 12.4. The SMILES string of the molecule is O=C(NNC(=S)[S-])c1cc(-c2cc3ccccc3o2)n(-c2ccccc2)n1.[K+]. The number of hydrazine groups is 1. The topological polar surface area (TPSA) is 72.1 Å². The average molecular weight is 433 g/mol. The third-order valence-electron chi connectivity index (χ3n) is 3.90. The maximum atomic E-state index is 12.4. The number of hydrogen-bond donors (Lipinski definition) is 2. The number of nitrogens with zero attached hydrogens (tertiary/aromatic N) is 2. The van der Waals surface area contributed by atoms with Crippen molar-refractivity contribution >= 4 is 46.0 Å². The second-order valence-corrected chi connectivity index (χ2v) is 6.75. The molecule has 4 rings (SSSR count). The summed E-state index contributed by atoms with van der Waals surface area (Å²) in [5.74, 6) is 0.160. The summed E-state index contributed by atoms with van der Waals surface area (Å²) in [7, 11) is 0. The number of thiocarbonyl (C=S) groups is 1. The van der Waals surface area contributed by atoms with E-state index in [1.54, 1.807) is 10.7 Å². The van der Waals surface area contributed by atoms with Crippen molar-refractivity contribution in [2.24, 2.45) is 0 Å². The van der Waals surface area contributed by atoms with E-state index in [2.05, 4.69) is 16.0 Å². The van der Waals surface area contributed by atoms with Gasteiger partial charge in [-0.25, -0.2) is 4.68 Å². The third kappa shape index (κ3) is 4.52. The van der Waals surface area contributed by atoms with Crippen LogP contribution < -0.4 is 62.2 Å². The molecule has 0 spiro atoms. The van der Waals surface area contributed by atoms with Crippen molar-refractivity contribution in [1.82, 2.24) is 20.6 Å². The van der Waals surface area contributed by atoms with Crippen molar-refractivity contribution < 1.29 is 60.6 Å². The number of amides is 1. The molecule has 0 aliphatic rings. The first-order valence-corrected chi connectivity index (χ1v) is 8.85. The van der Waals surface area contributed by atoms with Crippen LogP contribution in [0.4, 0.5) is 0 Å². The van der Waals surface area contributed by atoms with Gasteiger partial charge in [0.1, 0.15) is 11.3 Å². The number of furan rings is 1. The van der Waals surface area contributed by atoms with E-state index in [0.717, 1.165) is 16.7 Å². The minimum atomic E-state index is -0.450. The van der Waals surface area contributed by atoms with Crippen LogP contribution in [0.15, 0.2) is 71.1 Å². The summed E-state index contributed by atoms with van der Waals surface area (Å²) >= 11 is 9.47. The number of benzene rings is 2. The van der Waals surface area contributed by atoms with Crippen molar-refractivity contribution in [3.63, 3.8) is 0 Å². The standard InChI is InChI=1S/C19H14N4O2S2.K/c24-18(20-21-19(26)27)14-11-15(23(22-14)13-7-2-1-3-8-13)17-10-12-6-4-5-9-16(12)25-17;/h1-11H,(H,20,24)(H2,21,26,27);/q;+1/p-1. The number of fused-ring (bicyclic) bond motifs is 1. The fourth-order valence-corrected chi connectivity index (χ4v) is 2.82. The summed E-state index contributed by atoms with van der Waals surface area (Å²) in [5, 5.41) is 5.40. The predicted octanol–water partition coefficient (Wildman–Crippen LogP) is 0.356. The number of carbonyl (C=O) groups excluding carboxylic acids is 1. The molecule has 134 valence electrons. The summed E-state index contributed by atoms with van der Waals surface area (Å²) in [6.45, 7) is 0. The number of carbonyl (C=O) groups is 1. The van der Waals surface area contributed by atoms with E-state index < -0.39 is 5.91 Å². The number of rotatable bonds is 3. The Bertz CT molecular complexity index is 1110. The molecule has 2 heterocycles. The van der Waals surface area contributed by atoms with Crippen LogP contribution in [0.25, 0.3) is 28.1 Å². The van der Waals surface area contributed by atoms with Gasteiger partial charge in [-0.1, -0.05) is 36.4 Å². The van der Waals surface area contributed by atoms with Crippen LogP contribution in [-0.4, -0.2) is 20.0 Å². The molecule has 6 nitrogen and oxygen atoms in total. The molecule has 28 heavy (non-hydrogen) atoms. The Morgan fingerprint density at radius 3 is 2.46 bits per heavy atom. The Morgan fingerprint density at radius 1 is 1.04 bits per heavy atom. The number of aromatic nitrogens is 2. The zero-order valence-corrected chi connectivity index (χ0v) is 19.6. The Labute approximate surface area is 214 Å². The van der Waals surface area contributed by atoms with Crippen molar-refractivity contribution in [1.29, 1.82) is 0 Å². The normalized spacial score (nSPS) is 10.3. The van der Waals surface area contributed by atoms with Gasteiger partial charge in [0, 0.05) is 11.5 Å².